The summed E-state index contributed by atoms with van der Waals surface area (Å²) in [4.78, 5) is 48.9. The van der Waals surface area contributed by atoms with Crippen LogP contribution in [0.25, 0.3) is 10.4 Å². The zero-order valence-corrected chi connectivity index (χ0v) is 23.3. The second kappa shape index (κ2) is 11.3. The molecule has 3 aromatic rings. The summed E-state index contributed by atoms with van der Waals surface area (Å²) < 4.78 is 0. The number of nitrogens with zero attached hydrogens (tertiary/aromatic N) is 3. The fourth-order valence-corrected chi connectivity index (χ4v) is 6.48. The van der Waals surface area contributed by atoms with E-state index in [9.17, 15) is 19.5 Å². The predicted octanol–water partition coefficient (Wildman–Crippen LogP) is 3.63. The average molecular weight is 547 g/mol. The van der Waals surface area contributed by atoms with E-state index in [1.165, 1.54) is 4.90 Å². The molecular weight excluding hydrogens is 512 g/mol. The highest BCUT2D eigenvalue weighted by Crippen LogP contribution is 2.31. The van der Waals surface area contributed by atoms with Crippen LogP contribution in [0.2, 0.25) is 0 Å². The van der Waals surface area contributed by atoms with Gasteiger partial charge in [0, 0.05) is 31.6 Å². The van der Waals surface area contributed by atoms with E-state index in [-0.39, 0.29) is 36.6 Å². The molecule has 0 saturated carbocycles. The van der Waals surface area contributed by atoms with Gasteiger partial charge in [-0.3, -0.25) is 14.4 Å². The number of hydrogen-bond acceptors (Lipinski definition) is 6. The molecule has 9 heteroatoms. The minimum atomic E-state index is -0.796. The van der Waals surface area contributed by atoms with Crippen molar-refractivity contribution < 1.29 is 19.5 Å². The predicted molar refractivity (Wildman–Crippen MR) is 150 cm³/mol. The Morgan fingerprint density at radius 3 is 2.59 bits per heavy atom. The first kappa shape index (κ1) is 27.0. The summed E-state index contributed by atoms with van der Waals surface area (Å²) in [6.07, 6.45) is 0.242. The van der Waals surface area contributed by atoms with E-state index in [4.69, 9.17) is 0 Å². The van der Waals surface area contributed by atoms with E-state index in [1.807, 2.05) is 61.8 Å². The molecule has 2 aliphatic heterocycles. The lowest BCUT2D eigenvalue weighted by atomic mass is 10.0. The van der Waals surface area contributed by atoms with Gasteiger partial charge >= 0.3 is 0 Å². The van der Waals surface area contributed by atoms with Gasteiger partial charge in [0.2, 0.25) is 11.8 Å². The maximum Gasteiger partial charge on any atom is 0.255 e. The topological polar surface area (TPSA) is 103 Å². The molecule has 39 heavy (non-hydrogen) atoms. The number of aromatic nitrogens is 1. The van der Waals surface area contributed by atoms with Crippen molar-refractivity contribution in [2.75, 3.05) is 6.54 Å². The molecule has 8 nitrogen and oxygen atoms in total. The molecule has 1 aromatic heterocycles. The Morgan fingerprint density at radius 1 is 1.15 bits per heavy atom. The number of thiazole rings is 1. The molecule has 1 saturated heterocycles. The molecule has 3 heterocycles. The summed E-state index contributed by atoms with van der Waals surface area (Å²) in [6.45, 7) is 6.62. The van der Waals surface area contributed by atoms with Crippen LogP contribution in [-0.2, 0) is 29.1 Å². The molecule has 2 aliphatic rings. The Bertz CT molecular complexity index is 1370. The molecule has 0 unspecified atom stereocenters. The third-order valence-electron chi connectivity index (χ3n) is 7.59. The Balaban J connectivity index is 1.27. The highest BCUT2D eigenvalue weighted by molar-refractivity contribution is 7.13. The summed E-state index contributed by atoms with van der Waals surface area (Å²) in [5.74, 6) is -0.949. The summed E-state index contributed by atoms with van der Waals surface area (Å²) >= 11 is 1.61. The number of amides is 3. The molecule has 0 radical (unpaired) electrons. The molecule has 0 spiro atoms. The standard InChI is InChI=1S/C30H34N4O4S/c1-4-24-27(39-17-32-24)20-11-9-19(10-12-20)14-31-28(36)25-13-22(35)16-33(25)30(38)26(18(2)3)34-15-21-7-5-6-8-23(21)29(34)37/h5-12,17-18,22,25-26,35H,4,13-16H2,1-3H3,(H,31,36)/t22-,25+,26+/m1/s1. The molecular formula is C30H34N4O4S. The Morgan fingerprint density at radius 2 is 1.90 bits per heavy atom. The Kier molecular flexibility index (Phi) is 7.81. The van der Waals surface area contributed by atoms with Crippen molar-refractivity contribution in [2.24, 2.45) is 5.92 Å². The number of fused-ring (bicyclic) bond motifs is 1. The first-order chi connectivity index (χ1) is 18.8. The van der Waals surface area contributed by atoms with Crippen molar-refractivity contribution in [1.82, 2.24) is 20.1 Å². The van der Waals surface area contributed by atoms with Crippen molar-refractivity contribution in [3.05, 3.63) is 76.4 Å². The fourth-order valence-electron chi connectivity index (χ4n) is 5.59. The van der Waals surface area contributed by atoms with Gasteiger partial charge in [-0.25, -0.2) is 4.98 Å². The van der Waals surface area contributed by atoms with Crippen LogP contribution in [-0.4, -0.2) is 62.3 Å². The number of aliphatic hydroxyl groups excluding tert-OH is 1. The third kappa shape index (κ3) is 5.33. The summed E-state index contributed by atoms with van der Waals surface area (Å²) in [5.41, 5.74) is 6.46. The van der Waals surface area contributed by atoms with Gasteiger partial charge < -0.3 is 20.2 Å². The number of nitrogens with one attached hydrogen (secondary N) is 1. The summed E-state index contributed by atoms with van der Waals surface area (Å²) in [5, 5.41) is 13.4. The maximum atomic E-state index is 13.8. The van der Waals surface area contributed by atoms with E-state index < -0.39 is 18.2 Å². The number of hydrogen-bond donors (Lipinski definition) is 2. The zero-order chi connectivity index (χ0) is 27.7. The smallest absolute Gasteiger partial charge is 0.255 e. The maximum absolute atomic E-state index is 13.8. The third-order valence-corrected chi connectivity index (χ3v) is 8.51. The van der Waals surface area contributed by atoms with Gasteiger partial charge in [-0.2, -0.15) is 0 Å². The van der Waals surface area contributed by atoms with Crippen LogP contribution in [0, 0.1) is 5.92 Å². The van der Waals surface area contributed by atoms with Gasteiger partial charge in [0.05, 0.1) is 22.2 Å². The molecule has 1 fully saturated rings. The van der Waals surface area contributed by atoms with Crippen LogP contribution in [0.5, 0.6) is 0 Å². The largest absolute Gasteiger partial charge is 0.391 e. The Hall–Kier alpha value is -3.56. The average Bonchev–Trinajstić information content (AvgIpc) is 3.65. The van der Waals surface area contributed by atoms with Gasteiger partial charge in [0.1, 0.15) is 12.1 Å². The van der Waals surface area contributed by atoms with Crippen LogP contribution in [0.4, 0.5) is 0 Å². The minimum Gasteiger partial charge on any atom is -0.391 e. The molecule has 0 aliphatic carbocycles. The van der Waals surface area contributed by atoms with Gasteiger partial charge in [0.25, 0.3) is 5.91 Å². The number of carbonyl (C=O) groups excluding carboxylic acids is 3. The lowest BCUT2D eigenvalue weighted by Gasteiger charge is -2.35. The van der Waals surface area contributed by atoms with Gasteiger partial charge in [-0.05, 0) is 35.1 Å². The molecule has 0 bridgehead atoms. The van der Waals surface area contributed by atoms with Crippen molar-refractivity contribution in [1.29, 1.82) is 0 Å². The normalized spacial score (nSPS) is 19.5. The van der Waals surface area contributed by atoms with Crippen LogP contribution >= 0.6 is 11.3 Å². The SMILES string of the molecule is CCc1ncsc1-c1ccc(CNC(=O)[C@@H]2C[C@@H](O)CN2C(=O)[C@H](C(C)C)N2Cc3ccccc3C2=O)cc1. The van der Waals surface area contributed by atoms with Crippen LogP contribution in [0.15, 0.2) is 54.0 Å². The van der Waals surface area contributed by atoms with Gasteiger partial charge in [0.15, 0.2) is 0 Å². The lowest BCUT2D eigenvalue weighted by Crippen LogP contribution is -2.55. The van der Waals surface area contributed by atoms with Crippen LogP contribution in [0.1, 0.15) is 54.4 Å². The number of β-amino-alcohol motifs (C(OH)–C–C–N with tert-alkyl or cyclic N) is 1. The molecule has 2 aromatic carbocycles. The van der Waals surface area contributed by atoms with E-state index in [1.54, 1.807) is 22.3 Å². The number of aliphatic hydroxyl groups is 1. The van der Waals surface area contributed by atoms with Crippen molar-refractivity contribution in [2.45, 2.75) is 64.9 Å². The molecule has 3 atom stereocenters. The summed E-state index contributed by atoms with van der Waals surface area (Å²) in [6, 6.07) is 13.9. The zero-order valence-electron chi connectivity index (χ0n) is 22.5. The van der Waals surface area contributed by atoms with E-state index in [0.29, 0.717) is 18.7 Å². The minimum absolute atomic E-state index is 0.0679. The number of carbonyl (C=O) groups is 3. The Labute approximate surface area is 232 Å². The van der Waals surface area contributed by atoms with Crippen LogP contribution in [0.3, 0.4) is 0 Å². The lowest BCUT2D eigenvalue weighted by molar-refractivity contribution is -0.143. The van der Waals surface area contributed by atoms with Crippen molar-refractivity contribution in [3.8, 4) is 10.4 Å². The number of benzene rings is 2. The fraction of sp³-hybridized carbons (Fsp3) is 0.400. The van der Waals surface area contributed by atoms with Gasteiger partial charge in [-0.1, -0.05) is 63.2 Å². The molecule has 2 N–H and O–H groups in total. The number of likely N-dealkylation sites (tertiary alicyclic amines) is 1. The number of aryl methyl sites for hydroxylation is 1. The molecule has 3 amide bonds. The second-order valence-corrected chi connectivity index (χ2v) is 11.4. The van der Waals surface area contributed by atoms with Crippen molar-refractivity contribution >= 4 is 29.1 Å². The van der Waals surface area contributed by atoms with Gasteiger partial charge in [-0.15, -0.1) is 11.3 Å². The highest BCUT2D eigenvalue weighted by atomic mass is 32.1. The summed E-state index contributed by atoms with van der Waals surface area (Å²) in [7, 11) is 0. The second-order valence-electron chi connectivity index (χ2n) is 10.6. The highest BCUT2D eigenvalue weighted by Gasteiger charge is 2.45. The van der Waals surface area contributed by atoms with E-state index >= 15 is 0 Å². The first-order valence-electron chi connectivity index (χ1n) is 13.4. The number of rotatable bonds is 8. The first-order valence-corrected chi connectivity index (χ1v) is 14.3. The van der Waals surface area contributed by atoms with Crippen LogP contribution < -0.4 is 5.32 Å². The van der Waals surface area contributed by atoms with E-state index in [2.05, 4.69) is 17.2 Å². The monoisotopic (exact) mass is 546 g/mol. The molecule has 204 valence electrons. The quantitative estimate of drug-likeness (QED) is 0.449. The van der Waals surface area contributed by atoms with Crippen molar-refractivity contribution in [3.63, 3.8) is 0 Å². The van der Waals surface area contributed by atoms with E-state index in [0.717, 1.165) is 33.7 Å². The molecule has 5 rings (SSSR count).